The molecule has 20 heavy (non-hydrogen) atoms. The Morgan fingerprint density at radius 2 is 1.75 bits per heavy atom. The van der Waals surface area contributed by atoms with E-state index in [0.717, 1.165) is 18.0 Å². The SMILES string of the molecule is CC(C)CCN(CC(C)(C)CNC1CC1)C1CCCC1. The zero-order chi connectivity index (χ0) is 14.6. The molecule has 2 fully saturated rings. The van der Waals surface area contributed by atoms with Gasteiger partial charge in [0.25, 0.3) is 0 Å². The topological polar surface area (TPSA) is 15.3 Å². The Kier molecular flexibility index (Phi) is 5.92. The van der Waals surface area contributed by atoms with Gasteiger partial charge in [-0.1, -0.05) is 40.5 Å². The lowest BCUT2D eigenvalue weighted by molar-refractivity contribution is 0.122. The molecule has 2 nitrogen and oxygen atoms in total. The molecule has 0 aromatic rings. The van der Waals surface area contributed by atoms with E-state index in [1.165, 1.54) is 64.6 Å². The summed E-state index contributed by atoms with van der Waals surface area (Å²) in [5.41, 5.74) is 0.405. The molecule has 0 aromatic heterocycles. The summed E-state index contributed by atoms with van der Waals surface area (Å²) < 4.78 is 0. The third-order valence-corrected chi connectivity index (χ3v) is 4.91. The van der Waals surface area contributed by atoms with E-state index in [2.05, 4.69) is 37.9 Å². The van der Waals surface area contributed by atoms with Gasteiger partial charge in [0, 0.05) is 25.2 Å². The fourth-order valence-corrected chi connectivity index (χ4v) is 3.40. The normalized spacial score (nSPS) is 21.3. The van der Waals surface area contributed by atoms with Gasteiger partial charge in [0.1, 0.15) is 0 Å². The van der Waals surface area contributed by atoms with Gasteiger partial charge in [-0.05, 0) is 50.0 Å². The molecule has 0 spiro atoms. The predicted molar refractivity (Wildman–Crippen MR) is 88.1 cm³/mol. The van der Waals surface area contributed by atoms with Gasteiger partial charge in [0.2, 0.25) is 0 Å². The first-order chi connectivity index (χ1) is 9.46. The molecule has 0 bridgehead atoms. The monoisotopic (exact) mass is 280 g/mol. The van der Waals surface area contributed by atoms with Crippen LogP contribution >= 0.6 is 0 Å². The number of hydrogen-bond acceptors (Lipinski definition) is 2. The van der Waals surface area contributed by atoms with E-state index in [-0.39, 0.29) is 0 Å². The minimum absolute atomic E-state index is 0.405. The molecular weight excluding hydrogens is 244 g/mol. The van der Waals surface area contributed by atoms with Crippen molar-refractivity contribution in [3.63, 3.8) is 0 Å². The summed E-state index contributed by atoms with van der Waals surface area (Å²) in [6.45, 7) is 13.3. The van der Waals surface area contributed by atoms with Crippen molar-refractivity contribution in [3.8, 4) is 0 Å². The van der Waals surface area contributed by atoms with Crippen LogP contribution in [0.1, 0.15) is 72.6 Å². The van der Waals surface area contributed by atoms with Crippen molar-refractivity contribution >= 4 is 0 Å². The van der Waals surface area contributed by atoms with Crippen LogP contribution in [0.25, 0.3) is 0 Å². The highest BCUT2D eigenvalue weighted by Gasteiger charge is 2.30. The van der Waals surface area contributed by atoms with E-state index < -0.39 is 0 Å². The second kappa shape index (κ2) is 7.26. The Labute approximate surface area is 126 Å². The first-order valence-corrected chi connectivity index (χ1v) is 8.94. The average molecular weight is 281 g/mol. The molecule has 0 amide bonds. The Balaban J connectivity index is 1.83. The number of rotatable bonds is 9. The number of nitrogens with one attached hydrogen (secondary N) is 1. The van der Waals surface area contributed by atoms with Crippen molar-refractivity contribution in [1.82, 2.24) is 10.2 Å². The van der Waals surface area contributed by atoms with Gasteiger partial charge in [-0.3, -0.25) is 4.90 Å². The van der Waals surface area contributed by atoms with E-state index in [4.69, 9.17) is 0 Å². The second-order valence-corrected chi connectivity index (χ2v) is 8.41. The van der Waals surface area contributed by atoms with Crippen molar-refractivity contribution in [1.29, 1.82) is 0 Å². The van der Waals surface area contributed by atoms with Crippen LogP contribution < -0.4 is 5.32 Å². The van der Waals surface area contributed by atoms with Crippen LogP contribution in [0.5, 0.6) is 0 Å². The van der Waals surface area contributed by atoms with Crippen LogP contribution in [0.3, 0.4) is 0 Å². The lowest BCUT2D eigenvalue weighted by Crippen LogP contribution is -2.45. The zero-order valence-corrected chi connectivity index (χ0v) is 14.3. The fourth-order valence-electron chi connectivity index (χ4n) is 3.40. The summed E-state index contributed by atoms with van der Waals surface area (Å²) in [5, 5.41) is 3.73. The van der Waals surface area contributed by atoms with Crippen molar-refractivity contribution in [2.45, 2.75) is 84.7 Å². The molecule has 0 saturated heterocycles. The quantitative estimate of drug-likeness (QED) is 0.685. The van der Waals surface area contributed by atoms with Crippen LogP contribution in [0.4, 0.5) is 0 Å². The summed E-state index contributed by atoms with van der Waals surface area (Å²) in [6.07, 6.45) is 9.91. The maximum absolute atomic E-state index is 3.73. The van der Waals surface area contributed by atoms with Crippen LogP contribution in [-0.4, -0.2) is 36.6 Å². The van der Waals surface area contributed by atoms with Gasteiger partial charge in [-0.15, -0.1) is 0 Å². The molecule has 0 atom stereocenters. The molecule has 0 radical (unpaired) electrons. The molecule has 0 unspecified atom stereocenters. The average Bonchev–Trinajstić information content (AvgIpc) is 3.05. The van der Waals surface area contributed by atoms with Gasteiger partial charge in [-0.2, -0.15) is 0 Å². The summed E-state index contributed by atoms with van der Waals surface area (Å²) in [5.74, 6) is 0.826. The second-order valence-electron chi connectivity index (χ2n) is 8.41. The van der Waals surface area contributed by atoms with Crippen molar-refractivity contribution in [3.05, 3.63) is 0 Å². The van der Waals surface area contributed by atoms with Gasteiger partial charge >= 0.3 is 0 Å². The lowest BCUT2D eigenvalue weighted by atomic mass is 9.91. The molecule has 2 heteroatoms. The molecule has 0 heterocycles. The minimum atomic E-state index is 0.405. The third-order valence-electron chi connectivity index (χ3n) is 4.91. The van der Waals surface area contributed by atoms with Gasteiger partial charge in [0.05, 0.1) is 0 Å². The maximum Gasteiger partial charge on any atom is 0.00954 e. The third kappa shape index (κ3) is 5.73. The van der Waals surface area contributed by atoms with Crippen LogP contribution in [0.2, 0.25) is 0 Å². The van der Waals surface area contributed by atoms with E-state index in [0.29, 0.717) is 5.41 Å². The smallest absolute Gasteiger partial charge is 0.00954 e. The van der Waals surface area contributed by atoms with E-state index in [9.17, 15) is 0 Å². The minimum Gasteiger partial charge on any atom is -0.313 e. The molecule has 0 aromatic carbocycles. The zero-order valence-electron chi connectivity index (χ0n) is 14.3. The highest BCUT2D eigenvalue weighted by molar-refractivity contribution is 4.87. The molecule has 118 valence electrons. The molecular formula is C18H36N2. The predicted octanol–water partition coefficient (Wildman–Crippen LogP) is 4.06. The molecule has 1 N–H and O–H groups in total. The first-order valence-electron chi connectivity index (χ1n) is 8.94. The molecule has 2 saturated carbocycles. The number of hydrogen-bond donors (Lipinski definition) is 1. The van der Waals surface area contributed by atoms with E-state index in [1.54, 1.807) is 0 Å². The van der Waals surface area contributed by atoms with Crippen LogP contribution in [-0.2, 0) is 0 Å². The van der Waals surface area contributed by atoms with Gasteiger partial charge in [0.15, 0.2) is 0 Å². The highest BCUT2D eigenvalue weighted by atomic mass is 15.2. The van der Waals surface area contributed by atoms with Crippen molar-refractivity contribution < 1.29 is 0 Å². The molecule has 2 rings (SSSR count). The van der Waals surface area contributed by atoms with E-state index >= 15 is 0 Å². The Bertz CT molecular complexity index is 275. The standard InChI is InChI=1S/C18H36N2/c1-15(2)11-12-20(17-7-5-6-8-17)14-18(3,4)13-19-16-9-10-16/h15-17,19H,5-14H2,1-4H3. The summed E-state index contributed by atoms with van der Waals surface area (Å²) >= 11 is 0. The van der Waals surface area contributed by atoms with Crippen molar-refractivity contribution in [2.24, 2.45) is 11.3 Å². The lowest BCUT2D eigenvalue weighted by Gasteiger charge is -2.37. The summed E-state index contributed by atoms with van der Waals surface area (Å²) in [6, 6.07) is 1.71. The van der Waals surface area contributed by atoms with E-state index in [1.807, 2.05) is 0 Å². The molecule has 0 aliphatic heterocycles. The first kappa shape index (κ1) is 16.3. The van der Waals surface area contributed by atoms with Gasteiger partial charge < -0.3 is 5.32 Å². The molecule has 2 aliphatic carbocycles. The fraction of sp³-hybridized carbons (Fsp3) is 1.00. The molecule has 2 aliphatic rings. The highest BCUT2D eigenvalue weighted by Crippen LogP contribution is 2.28. The summed E-state index contributed by atoms with van der Waals surface area (Å²) in [7, 11) is 0. The Hall–Kier alpha value is -0.0800. The van der Waals surface area contributed by atoms with Crippen LogP contribution in [0.15, 0.2) is 0 Å². The Morgan fingerprint density at radius 3 is 2.30 bits per heavy atom. The Morgan fingerprint density at radius 1 is 1.10 bits per heavy atom. The number of nitrogens with zero attached hydrogens (tertiary/aromatic N) is 1. The summed E-state index contributed by atoms with van der Waals surface area (Å²) in [4.78, 5) is 2.82. The largest absolute Gasteiger partial charge is 0.313 e. The van der Waals surface area contributed by atoms with Gasteiger partial charge in [-0.25, -0.2) is 0 Å². The van der Waals surface area contributed by atoms with Crippen LogP contribution in [0, 0.1) is 11.3 Å². The van der Waals surface area contributed by atoms with Crippen molar-refractivity contribution in [2.75, 3.05) is 19.6 Å². The maximum atomic E-state index is 3.73.